The van der Waals surface area contributed by atoms with E-state index in [-0.39, 0.29) is 16.5 Å². The third-order valence-corrected chi connectivity index (χ3v) is 6.28. The molecule has 3 aromatic rings. The number of anilines is 1. The van der Waals surface area contributed by atoms with Crippen molar-refractivity contribution in [3.05, 3.63) is 76.5 Å². The quantitative estimate of drug-likeness (QED) is 0.566. The fourth-order valence-corrected chi connectivity index (χ4v) is 4.50. The van der Waals surface area contributed by atoms with E-state index in [9.17, 15) is 8.42 Å². The van der Waals surface area contributed by atoms with Crippen molar-refractivity contribution >= 4 is 44.9 Å². The van der Waals surface area contributed by atoms with Crippen LogP contribution in [0.4, 0.5) is 5.69 Å². The number of nitrogens with zero attached hydrogens (tertiary/aromatic N) is 2. The highest BCUT2D eigenvalue weighted by molar-refractivity contribution is 7.90. The summed E-state index contributed by atoms with van der Waals surface area (Å²) in [6.45, 7) is 1.80. The Hall–Kier alpha value is -2.81. The van der Waals surface area contributed by atoms with Crippen molar-refractivity contribution in [1.82, 2.24) is 10.3 Å². The first-order valence-electron chi connectivity index (χ1n) is 8.89. The van der Waals surface area contributed by atoms with Crippen LogP contribution in [0.15, 0.2) is 70.1 Å². The van der Waals surface area contributed by atoms with Crippen LogP contribution < -0.4 is 15.4 Å². The number of halogens is 2. The van der Waals surface area contributed by atoms with Gasteiger partial charge in [0.25, 0.3) is 10.0 Å². The van der Waals surface area contributed by atoms with Crippen LogP contribution in [0.1, 0.15) is 18.7 Å². The van der Waals surface area contributed by atoms with Crippen molar-refractivity contribution in [2.24, 2.45) is 4.40 Å². The first-order chi connectivity index (χ1) is 14.3. The van der Waals surface area contributed by atoms with Crippen LogP contribution in [0.3, 0.4) is 0 Å². The number of benzene rings is 2. The van der Waals surface area contributed by atoms with Crippen LogP contribution in [0.5, 0.6) is 11.5 Å². The lowest BCUT2D eigenvalue weighted by molar-refractivity contribution is 0.483. The number of guanidine groups is 1. The summed E-state index contributed by atoms with van der Waals surface area (Å²) in [5.74, 6) is 0.728. The minimum atomic E-state index is -3.96. The lowest BCUT2D eigenvalue weighted by atomic mass is 10.2. The van der Waals surface area contributed by atoms with Gasteiger partial charge >= 0.3 is 0 Å². The van der Waals surface area contributed by atoms with Gasteiger partial charge in [-0.15, -0.1) is 4.40 Å². The summed E-state index contributed by atoms with van der Waals surface area (Å²) in [6, 6.07) is 14.6. The highest BCUT2D eigenvalue weighted by Gasteiger charge is 2.29. The van der Waals surface area contributed by atoms with Gasteiger partial charge in [0.05, 0.1) is 21.8 Å². The van der Waals surface area contributed by atoms with Gasteiger partial charge in [-0.3, -0.25) is 4.98 Å². The van der Waals surface area contributed by atoms with Gasteiger partial charge in [0.2, 0.25) is 5.96 Å². The fraction of sp³-hybridized carbons (Fsp3) is 0.100. The number of ether oxygens (including phenoxy) is 1. The fourth-order valence-electron chi connectivity index (χ4n) is 2.94. The summed E-state index contributed by atoms with van der Waals surface area (Å²) in [4.78, 5) is 4.24. The number of fused-ring (bicyclic) bond motifs is 1. The second-order valence-electron chi connectivity index (χ2n) is 6.44. The molecule has 1 aromatic heterocycles. The molecule has 0 amide bonds. The zero-order chi connectivity index (χ0) is 21.3. The molecule has 0 saturated carbocycles. The summed E-state index contributed by atoms with van der Waals surface area (Å²) >= 11 is 12.4. The minimum Gasteiger partial charge on any atom is -0.454 e. The van der Waals surface area contributed by atoms with Gasteiger partial charge in [-0.05, 0) is 43.3 Å². The van der Waals surface area contributed by atoms with E-state index < -0.39 is 16.1 Å². The predicted octanol–water partition coefficient (Wildman–Crippen LogP) is 5.00. The molecule has 30 heavy (non-hydrogen) atoms. The van der Waals surface area contributed by atoms with Crippen molar-refractivity contribution in [2.75, 3.05) is 5.32 Å². The molecule has 0 aliphatic carbocycles. The molecule has 2 heterocycles. The van der Waals surface area contributed by atoms with Gasteiger partial charge in [-0.1, -0.05) is 41.4 Å². The second-order valence-corrected chi connectivity index (χ2v) is 8.83. The Balaban J connectivity index is 1.67. The van der Waals surface area contributed by atoms with Crippen molar-refractivity contribution in [3.63, 3.8) is 0 Å². The molecule has 2 aromatic carbocycles. The van der Waals surface area contributed by atoms with Crippen LogP contribution in [0, 0.1) is 0 Å². The van der Waals surface area contributed by atoms with Crippen molar-refractivity contribution in [3.8, 4) is 11.5 Å². The van der Waals surface area contributed by atoms with E-state index in [1.54, 1.807) is 61.7 Å². The number of nitrogens with one attached hydrogen (secondary N) is 2. The molecule has 0 fully saturated rings. The van der Waals surface area contributed by atoms with Gasteiger partial charge in [-0.25, -0.2) is 0 Å². The first-order valence-corrected chi connectivity index (χ1v) is 11.1. The van der Waals surface area contributed by atoms with E-state index in [0.29, 0.717) is 27.2 Å². The van der Waals surface area contributed by atoms with Crippen LogP contribution >= 0.6 is 23.2 Å². The van der Waals surface area contributed by atoms with E-state index in [4.69, 9.17) is 27.9 Å². The molecule has 0 bridgehead atoms. The standard InChI is InChI=1S/C20H16Cl2N4O3S/c1-12(18-14(22)7-5-11-23-18)24-20-25-19-16(29-15-8-3-2-6-13(15)21)9-4-10-17(19)30(27,28)26-20/h2-12H,1H3,(H2,24,25,26)/t12-/m0/s1. The molecular formula is C20H16Cl2N4O3S. The largest absolute Gasteiger partial charge is 0.454 e. The molecule has 7 nitrogen and oxygen atoms in total. The normalized spacial score (nSPS) is 15.4. The van der Waals surface area contributed by atoms with Crippen LogP contribution in [0.2, 0.25) is 10.0 Å². The van der Waals surface area contributed by atoms with Crippen molar-refractivity contribution in [2.45, 2.75) is 17.9 Å². The molecule has 2 N–H and O–H groups in total. The Morgan fingerprint density at radius 2 is 1.73 bits per heavy atom. The zero-order valence-electron chi connectivity index (χ0n) is 15.6. The SMILES string of the molecule is C[C@H](NC1=NS(=O)(=O)c2cccc(Oc3ccccc3Cl)c2N1)c1ncccc1Cl. The van der Waals surface area contributed by atoms with Crippen molar-refractivity contribution < 1.29 is 13.2 Å². The van der Waals surface area contributed by atoms with Crippen LogP contribution in [-0.4, -0.2) is 19.4 Å². The summed E-state index contributed by atoms with van der Waals surface area (Å²) in [5, 5.41) is 6.87. The van der Waals surface area contributed by atoms with E-state index in [1.165, 1.54) is 6.07 Å². The molecule has 0 spiro atoms. The van der Waals surface area contributed by atoms with Gasteiger partial charge < -0.3 is 15.4 Å². The molecule has 1 aliphatic rings. The number of sulfonamides is 1. The Morgan fingerprint density at radius 1 is 1.00 bits per heavy atom. The number of hydrogen-bond donors (Lipinski definition) is 2. The Bertz CT molecular complexity index is 1250. The summed E-state index contributed by atoms with van der Waals surface area (Å²) in [7, 11) is -3.96. The topological polar surface area (TPSA) is 92.7 Å². The average molecular weight is 463 g/mol. The Labute approximate surface area is 183 Å². The molecule has 1 aliphatic heterocycles. The molecule has 154 valence electrons. The monoisotopic (exact) mass is 462 g/mol. The van der Waals surface area contributed by atoms with Crippen LogP contribution in [0.25, 0.3) is 0 Å². The number of pyridine rings is 1. The predicted molar refractivity (Wildman–Crippen MR) is 117 cm³/mol. The van der Waals surface area contributed by atoms with Crippen LogP contribution in [-0.2, 0) is 10.0 Å². The van der Waals surface area contributed by atoms with Gasteiger partial charge in [0.15, 0.2) is 5.75 Å². The maximum absolute atomic E-state index is 12.7. The van der Waals surface area contributed by atoms with E-state index >= 15 is 0 Å². The van der Waals surface area contributed by atoms with E-state index in [0.717, 1.165) is 0 Å². The van der Waals surface area contributed by atoms with Gasteiger partial charge in [0.1, 0.15) is 16.3 Å². The van der Waals surface area contributed by atoms with Crippen molar-refractivity contribution in [1.29, 1.82) is 0 Å². The maximum atomic E-state index is 12.7. The third-order valence-electron chi connectivity index (χ3n) is 4.33. The maximum Gasteiger partial charge on any atom is 0.287 e. The minimum absolute atomic E-state index is 0.00104. The molecule has 0 radical (unpaired) electrons. The molecule has 0 saturated heterocycles. The Morgan fingerprint density at radius 3 is 2.50 bits per heavy atom. The molecule has 1 atom stereocenters. The highest BCUT2D eigenvalue weighted by atomic mass is 35.5. The molecule has 4 rings (SSSR count). The second kappa shape index (κ2) is 8.14. The average Bonchev–Trinajstić information content (AvgIpc) is 2.70. The summed E-state index contributed by atoms with van der Waals surface area (Å²) in [6.07, 6.45) is 1.61. The molecule has 10 heteroatoms. The lowest BCUT2D eigenvalue weighted by Crippen LogP contribution is -2.36. The van der Waals surface area contributed by atoms with Gasteiger partial charge in [0, 0.05) is 6.20 Å². The van der Waals surface area contributed by atoms with E-state index in [2.05, 4.69) is 20.0 Å². The summed E-state index contributed by atoms with van der Waals surface area (Å²) in [5.41, 5.74) is 0.821. The molecule has 0 unspecified atom stereocenters. The third kappa shape index (κ3) is 4.07. The number of hydrogen-bond acceptors (Lipinski definition) is 6. The smallest absolute Gasteiger partial charge is 0.287 e. The van der Waals surface area contributed by atoms with E-state index in [1.807, 2.05) is 0 Å². The lowest BCUT2D eigenvalue weighted by Gasteiger charge is -2.24. The number of rotatable bonds is 4. The zero-order valence-corrected chi connectivity index (χ0v) is 18.0. The number of aromatic nitrogens is 1. The number of para-hydroxylation sites is 2. The van der Waals surface area contributed by atoms with Gasteiger partial charge in [-0.2, -0.15) is 8.42 Å². The first kappa shape index (κ1) is 20.5. The summed E-state index contributed by atoms with van der Waals surface area (Å²) < 4.78 is 35.2. The Kier molecular flexibility index (Phi) is 5.55. The molecular weight excluding hydrogens is 447 g/mol. The highest BCUT2D eigenvalue weighted by Crippen LogP contribution is 2.39.